The van der Waals surface area contributed by atoms with Crippen LogP contribution in [-0.4, -0.2) is 11.5 Å². The first kappa shape index (κ1) is 10.2. The van der Waals surface area contributed by atoms with Gasteiger partial charge in [0.1, 0.15) is 5.52 Å². The van der Waals surface area contributed by atoms with Crippen molar-refractivity contribution in [3.05, 3.63) is 30.2 Å². The summed E-state index contributed by atoms with van der Waals surface area (Å²) >= 11 is 0. The molecule has 15 heavy (non-hydrogen) atoms. The van der Waals surface area contributed by atoms with Crippen molar-refractivity contribution in [3.8, 4) is 0 Å². The molecule has 0 radical (unpaired) electrons. The summed E-state index contributed by atoms with van der Waals surface area (Å²) < 4.78 is 5.26. The minimum atomic E-state index is 0.621. The normalized spacial score (nSPS) is 13.2. The van der Waals surface area contributed by atoms with Crippen LogP contribution in [0.2, 0.25) is 0 Å². The smallest absolute Gasteiger partial charge is 0.181 e. The van der Waals surface area contributed by atoms with Crippen LogP contribution in [0.4, 0.5) is 0 Å². The Morgan fingerprint density at radius 2 is 2.33 bits per heavy atom. The van der Waals surface area contributed by atoms with E-state index in [1.165, 1.54) is 12.0 Å². The van der Waals surface area contributed by atoms with Gasteiger partial charge in [0, 0.05) is 0 Å². The van der Waals surface area contributed by atoms with Gasteiger partial charge in [-0.15, -0.1) is 0 Å². The van der Waals surface area contributed by atoms with E-state index >= 15 is 0 Å². The SMILES string of the molecule is CC(CCN)Cc1ccc2ncoc2c1. The number of nitrogens with two attached hydrogens (primary N) is 1. The van der Waals surface area contributed by atoms with Crippen molar-refractivity contribution >= 4 is 11.1 Å². The quantitative estimate of drug-likeness (QED) is 0.831. The number of aromatic nitrogens is 1. The summed E-state index contributed by atoms with van der Waals surface area (Å²) in [6, 6.07) is 6.18. The highest BCUT2D eigenvalue weighted by molar-refractivity contribution is 5.72. The van der Waals surface area contributed by atoms with Gasteiger partial charge in [0.2, 0.25) is 0 Å². The van der Waals surface area contributed by atoms with E-state index in [0.29, 0.717) is 5.92 Å². The van der Waals surface area contributed by atoms with E-state index in [9.17, 15) is 0 Å². The Bertz CT molecular complexity index is 436. The fourth-order valence-electron chi connectivity index (χ4n) is 1.82. The Labute approximate surface area is 89.3 Å². The van der Waals surface area contributed by atoms with Crippen LogP contribution >= 0.6 is 0 Å². The number of hydrogen-bond donors (Lipinski definition) is 1. The molecule has 3 heteroatoms. The zero-order valence-corrected chi connectivity index (χ0v) is 8.94. The molecule has 2 aromatic rings. The monoisotopic (exact) mass is 204 g/mol. The van der Waals surface area contributed by atoms with Crippen LogP contribution in [-0.2, 0) is 6.42 Å². The molecule has 1 aromatic carbocycles. The molecule has 0 spiro atoms. The van der Waals surface area contributed by atoms with E-state index in [1.807, 2.05) is 6.07 Å². The number of nitrogens with zero attached hydrogens (tertiary/aromatic N) is 1. The van der Waals surface area contributed by atoms with Crippen molar-refractivity contribution in [1.82, 2.24) is 4.98 Å². The van der Waals surface area contributed by atoms with Crippen LogP contribution in [0.3, 0.4) is 0 Å². The highest BCUT2D eigenvalue weighted by atomic mass is 16.3. The lowest BCUT2D eigenvalue weighted by molar-refractivity contribution is 0.538. The minimum absolute atomic E-state index is 0.621. The zero-order valence-electron chi connectivity index (χ0n) is 8.94. The van der Waals surface area contributed by atoms with Gasteiger partial charge < -0.3 is 10.2 Å². The van der Waals surface area contributed by atoms with E-state index in [4.69, 9.17) is 10.2 Å². The summed E-state index contributed by atoms with van der Waals surface area (Å²) in [7, 11) is 0. The molecule has 0 bridgehead atoms. The Kier molecular flexibility index (Phi) is 3.02. The van der Waals surface area contributed by atoms with Crippen molar-refractivity contribution in [2.75, 3.05) is 6.54 Å². The Morgan fingerprint density at radius 1 is 1.47 bits per heavy atom. The average molecular weight is 204 g/mol. The number of rotatable bonds is 4. The van der Waals surface area contributed by atoms with Crippen LogP contribution < -0.4 is 5.73 Å². The largest absolute Gasteiger partial charge is 0.443 e. The predicted molar refractivity (Wildman–Crippen MR) is 60.5 cm³/mol. The van der Waals surface area contributed by atoms with Gasteiger partial charge >= 0.3 is 0 Å². The molecule has 1 aromatic heterocycles. The molecular formula is C12H16N2O. The van der Waals surface area contributed by atoms with Gasteiger partial charge in [0.25, 0.3) is 0 Å². The van der Waals surface area contributed by atoms with E-state index in [1.54, 1.807) is 0 Å². The maximum Gasteiger partial charge on any atom is 0.181 e. The molecule has 80 valence electrons. The predicted octanol–water partition coefficient (Wildman–Crippen LogP) is 2.36. The highest BCUT2D eigenvalue weighted by Gasteiger charge is 2.05. The summed E-state index contributed by atoms with van der Waals surface area (Å²) in [5.41, 5.74) is 8.61. The van der Waals surface area contributed by atoms with Crippen molar-refractivity contribution < 1.29 is 4.42 Å². The molecule has 1 atom stereocenters. The van der Waals surface area contributed by atoms with Crippen LogP contribution in [0, 0.1) is 5.92 Å². The summed E-state index contributed by atoms with van der Waals surface area (Å²) in [5.74, 6) is 0.621. The van der Waals surface area contributed by atoms with E-state index in [2.05, 4.69) is 24.0 Å². The molecule has 0 fully saturated rings. The number of hydrogen-bond acceptors (Lipinski definition) is 3. The van der Waals surface area contributed by atoms with Crippen LogP contribution in [0.15, 0.2) is 29.0 Å². The summed E-state index contributed by atoms with van der Waals surface area (Å²) in [6.45, 7) is 2.98. The molecule has 1 heterocycles. The molecule has 2 rings (SSSR count). The van der Waals surface area contributed by atoms with Crippen molar-refractivity contribution in [3.63, 3.8) is 0 Å². The molecule has 0 saturated heterocycles. The van der Waals surface area contributed by atoms with Crippen LogP contribution in [0.1, 0.15) is 18.9 Å². The molecular weight excluding hydrogens is 188 g/mol. The fraction of sp³-hybridized carbons (Fsp3) is 0.417. The Hall–Kier alpha value is -1.35. The van der Waals surface area contributed by atoms with Gasteiger partial charge in [-0.25, -0.2) is 4.98 Å². The number of fused-ring (bicyclic) bond motifs is 1. The molecule has 2 N–H and O–H groups in total. The van der Waals surface area contributed by atoms with Crippen molar-refractivity contribution in [2.24, 2.45) is 11.7 Å². The minimum Gasteiger partial charge on any atom is -0.443 e. The molecule has 3 nitrogen and oxygen atoms in total. The second-order valence-electron chi connectivity index (χ2n) is 4.04. The molecule has 0 saturated carbocycles. The summed E-state index contributed by atoms with van der Waals surface area (Å²) in [5, 5.41) is 0. The molecule has 0 aliphatic carbocycles. The number of oxazole rings is 1. The lowest BCUT2D eigenvalue weighted by Crippen LogP contribution is -2.07. The zero-order chi connectivity index (χ0) is 10.7. The van der Waals surface area contributed by atoms with Gasteiger partial charge in [-0.05, 0) is 43.0 Å². The van der Waals surface area contributed by atoms with Crippen molar-refractivity contribution in [2.45, 2.75) is 19.8 Å². The lowest BCUT2D eigenvalue weighted by atomic mass is 9.98. The molecule has 1 unspecified atom stereocenters. The first-order chi connectivity index (χ1) is 7.29. The average Bonchev–Trinajstić information content (AvgIpc) is 2.65. The second kappa shape index (κ2) is 4.45. The van der Waals surface area contributed by atoms with Crippen molar-refractivity contribution in [1.29, 1.82) is 0 Å². The number of benzene rings is 1. The highest BCUT2D eigenvalue weighted by Crippen LogP contribution is 2.17. The fourth-order valence-corrected chi connectivity index (χ4v) is 1.82. The summed E-state index contributed by atoms with van der Waals surface area (Å²) in [6.07, 6.45) is 3.60. The van der Waals surface area contributed by atoms with E-state index < -0.39 is 0 Å². The van der Waals surface area contributed by atoms with Gasteiger partial charge in [-0.3, -0.25) is 0 Å². The molecule has 0 amide bonds. The van der Waals surface area contributed by atoms with Gasteiger partial charge in [0.05, 0.1) is 0 Å². The third kappa shape index (κ3) is 2.36. The third-order valence-corrected chi connectivity index (χ3v) is 2.64. The van der Waals surface area contributed by atoms with Gasteiger partial charge in [-0.1, -0.05) is 13.0 Å². The molecule has 0 aliphatic heterocycles. The first-order valence-corrected chi connectivity index (χ1v) is 5.32. The van der Waals surface area contributed by atoms with Crippen LogP contribution in [0.5, 0.6) is 0 Å². The van der Waals surface area contributed by atoms with Crippen LogP contribution in [0.25, 0.3) is 11.1 Å². The molecule has 0 aliphatic rings. The first-order valence-electron chi connectivity index (χ1n) is 5.32. The van der Waals surface area contributed by atoms with Gasteiger partial charge in [0.15, 0.2) is 12.0 Å². The topological polar surface area (TPSA) is 52.0 Å². The van der Waals surface area contributed by atoms with E-state index in [0.717, 1.165) is 30.5 Å². The Balaban J connectivity index is 2.14. The van der Waals surface area contributed by atoms with E-state index in [-0.39, 0.29) is 0 Å². The van der Waals surface area contributed by atoms with Gasteiger partial charge in [-0.2, -0.15) is 0 Å². The summed E-state index contributed by atoms with van der Waals surface area (Å²) in [4.78, 5) is 4.09. The lowest BCUT2D eigenvalue weighted by Gasteiger charge is -2.09. The maximum absolute atomic E-state index is 5.53. The second-order valence-corrected chi connectivity index (χ2v) is 4.04. The third-order valence-electron chi connectivity index (χ3n) is 2.64. The Morgan fingerprint density at radius 3 is 3.13 bits per heavy atom. The standard InChI is InChI=1S/C12H16N2O/c1-9(4-5-13)6-10-2-3-11-12(7-10)15-8-14-11/h2-3,7-9H,4-6,13H2,1H3. The maximum atomic E-state index is 5.53.